The van der Waals surface area contributed by atoms with Gasteiger partial charge in [0.15, 0.2) is 0 Å². The molecule has 0 aliphatic rings. The van der Waals surface area contributed by atoms with E-state index < -0.39 is 5.63 Å². The van der Waals surface area contributed by atoms with Gasteiger partial charge in [0, 0.05) is 5.39 Å². The molecule has 1 heterocycles. The van der Waals surface area contributed by atoms with E-state index in [1.165, 1.54) is 5.56 Å². The molecule has 3 nitrogen and oxygen atoms in total. The molecule has 0 aliphatic carbocycles. The molecule has 0 fully saturated rings. The van der Waals surface area contributed by atoms with E-state index in [4.69, 9.17) is 9.15 Å². The Morgan fingerprint density at radius 1 is 1.00 bits per heavy atom. The normalized spacial score (nSPS) is 11.0. The summed E-state index contributed by atoms with van der Waals surface area (Å²) in [6.45, 7) is 4.27. The fourth-order valence-corrected chi connectivity index (χ4v) is 2.16. The topological polar surface area (TPSA) is 39.4 Å². The summed E-state index contributed by atoms with van der Waals surface area (Å²) in [4.78, 5) is 11.9. The van der Waals surface area contributed by atoms with Crippen molar-refractivity contribution < 1.29 is 9.15 Å². The van der Waals surface area contributed by atoms with Gasteiger partial charge in [0.2, 0.25) is 5.75 Å². The molecule has 3 heteroatoms. The molecule has 106 valence electrons. The summed E-state index contributed by atoms with van der Waals surface area (Å²) in [6.07, 6.45) is 0. The maximum absolute atomic E-state index is 11.9. The molecule has 3 aromatic rings. The molecular formula is C18H16O3. The van der Waals surface area contributed by atoms with Gasteiger partial charge in [-0.15, -0.1) is 0 Å². The Balaban J connectivity index is 1.94. The van der Waals surface area contributed by atoms with Crippen LogP contribution in [0.3, 0.4) is 0 Å². The van der Waals surface area contributed by atoms with Crippen molar-refractivity contribution in [3.63, 3.8) is 0 Å². The van der Waals surface area contributed by atoms with Gasteiger partial charge in [-0.2, -0.15) is 0 Å². The van der Waals surface area contributed by atoms with Crippen molar-refractivity contribution in [2.45, 2.75) is 19.8 Å². The highest BCUT2D eigenvalue weighted by molar-refractivity contribution is 5.77. The number of ether oxygens (including phenoxy) is 1. The van der Waals surface area contributed by atoms with E-state index in [1.807, 2.05) is 42.5 Å². The molecule has 1 aromatic heterocycles. The van der Waals surface area contributed by atoms with Crippen LogP contribution in [0.5, 0.6) is 11.5 Å². The van der Waals surface area contributed by atoms with Gasteiger partial charge in [0.05, 0.1) is 0 Å². The number of hydrogen-bond donors (Lipinski definition) is 0. The molecule has 0 amide bonds. The van der Waals surface area contributed by atoms with Gasteiger partial charge in [-0.05, 0) is 35.7 Å². The van der Waals surface area contributed by atoms with Crippen molar-refractivity contribution in [3.05, 3.63) is 70.6 Å². The molecule has 2 aromatic carbocycles. The molecule has 0 saturated heterocycles. The summed E-state index contributed by atoms with van der Waals surface area (Å²) in [7, 11) is 0. The highest BCUT2D eigenvalue weighted by Crippen LogP contribution is 2.24. The molecule has 0 atom stereocenters. The number of benzene rings is 2. The fourth-order valence-electron chi connectivity index (χ4n) is 2.16. The summed E-state index contributed by atoms with van der Waals surface area (Å²) in [5.41, 5.74) is 1.32. The van der Waals surface area contributed by atoms with Crippen LogP contribution in [0.25, 0.3) is 11.0 Å². The molecule has 0 spiro atoms. The van der Waals surface area contributed by atoms with E-state index in [9.17, 15) is 4.79 Å². The van der Waals surface area contributed by atoms with E-state index in [-0.39, 0.29) is 5.75 Å². The maximum atomic E-state index is 11.9. The standard InChI is InChI=1S/C18H16O3/c1-12(2)13-7-9-15(10-8-13)20-17-11-14-5-3-4-6-16(14)21-18(17)19/h3-12H,1-2H3. The Morgan fingerprint density at radius 2 is 1.71 bits per heavy atom. The van der Waals surface area contributed by atoms with E-state index in [2.05, 4.69) is 13.8 Å². The molecule has 0 bridgehead atoms. The summed E-state index contributed by atoms with van der Waals surface area (Å²) in [5.74, 6) is 1.29. The van der Waals surface area contributed by atoms with Gasteiger partial charge in [0.25, 0.3) is 0 Å². The zero-order valence-electron chi connectivity index (χ0n) is 12.0. The zero-order valence-corrected chi connectivity index (χ0v) is 12.0. The SMILES string of the molecule is CC(C)c1ccc(Oc2cc3ccccc3oc2=O)cc1. The Kier molecular flexibility index (Phi) is 3.48. The second-order valence-corrected chi connectivity index (χ2v) is 5.26. The van der Waals surface area contributed by atoms with Crippen LogP contribution in [-0.2, 0) is 0 Å². The Bertz CT molecular complexity index is 814. The molecule has 0 saturated carbocycles. The van der Waals surface area contributed by atoms with Crippen molar-refractivity contribution >= 4 is 11.0 Å². The summed E-state index contributed by atoms with van der Waals surface area (Å²) in [6, 6.07) is 16.8. The van der Waals surface area contributed by atoms with E-state index in [0.717, 1.165) is 5.39 Å². The largest absolute Gasteiger partial charge is 0.450 e. The number of rotatable bonds is 3. The first-order chi connectivity index (χ1) is 10.1. The Morgan fingerprint density at radius 3 is 2.43 bits per heavy atom. The number of para-hydroxylation sites is 1. The van der Waals surface area contributed by atoms with Crippen LogP contribution >= 0.6 is 0 Å². The predicted octanol–water partition coefficient (Wildman–Crippen LogP) is 4.71. The third-order valence-corrected chi connectivity index (χ3v) is 3.38. The molecule has 0 radical (unpaired) electrons. The van der Waals surface area contributed by atoms with Crippen molar-refractivity contribution in [2.75, 3.05) is 0 Å². The van der Waals surface area contributed by atoms with Crippen molar-refractivity contribution in [1.82, 2.24) is 0 Å². The van der Waals surface area contributed by atoms with E-state index >= 15 is 0 Å². The fraction of sp³-hybridized carbons (Fsp3) is 0.167. The average Bonchev–Trinajstić information content (AvgIpc) is 2.48. The summed E-state index contributed by atoms with van der Waals surface area (Å²) < 4.78 is 10.9. The minimum atomic E-state index is -0.471. The highest BCUT2D eigenvalue weighted by atomic mass is 16.5. The average molecular weight is 280 g/mol. The molecule has 0 N–H and O–H groups in total. The van der Waals surface area contributed by atoms with Crippen molar-refractivity contribution in [3.8, 4) is 11.5 Å². The minimum Gasteiger partial charge on any atom is -0.450 e. The third-order valence-electron chi connectivity index (χ3n) is 3.38. The first kappa shape index (κ1) is 13.4. The molecule has 0 unspecified atom stereocenters. The first-order valence-electron chi connectivity index (χ1n) is 6.94. The van der Waals surface area contributed by atoms with Gasteiger partial charge >= 0.3 is 5.63 Å². The van der Waals surface area contributed by atoms with Gasteiger partial charge in [0.1, 0.15) is 11.3 Å². The van der Waals surface area contributed by atoms with Gasteiger partial charge in [-0.25, -0.2) is 4.79 Å². The Labute approximate surface area is 122 Å². The van der Waals surface area contributed by atoms with Crippen molar-refractivity contribution in [1.29, 1.82) is 0 Å². The van der Waals surface area contributed by atoms with Crippen LogP contribution in [0, 0.1) is 0 Å². The predicted molar refractivity (Wildman–Crippen MR) is 83.1 cm³/mol. The van der Waals surface area contributed by atoms with Gasteiger partial charge in [-0.3, -0.25) is 0 Å². The lowest BCUT2D eigenvalue weighted by molar-refractivity contribution is 0.437. The summed E-state index contributed by atoms with van der Waals surface area (Å²) >= 11 is 0. The second kappa shape index (κ2) is 5.44. The maximum Gasteiger partial charge on any atom is 0.379 e. The third kappa shape index (κ3) is 2.82. The molecule has 21 heavy (non-hydrogen) atoms. The smallest absolute Gasteiger partial charge is 0.379 e. The molecule has 3 rings (SSSR count). The number of fused-ring (bicyclic) bond motifs is 1. The van der Waals surface area contributed by atoms with Crippen LogP contribution in [0.15, 0.2) is 63.8 Å². The summed E-state index contributed by atoms with van der Waals surface area (Å²) in [5, 5.41) is 0.839. The van der Waals surface area contributed by atoms with Crippen molar-refractivity contribution in [2.24, 2.45) is 0 Å². The lowest BCUT2D eigenvalue weighted by Crippen LogP contribution is -2.03. The second-order valence-electron chi connectivity index (χ2n) is 5.26. The monoisotopic (exact) mass is 280 g/mol. The minimum absolute atomic E-state index is 0.200. The lowest BCUT2D eigenvalue weighted by atomic mass is 10.0. The number of hydrogen-bond acceptors (Lipinski definition) is 3. The van der Waals surface area contributed by atoms with E-state index in [1.54, 1.807) is 12.1 Å². The Hall–Kier alpha value is -2.55. The van der Waals surface area contributed by atoms with Gasteiger partial charge in [-0.1, -0.05) is 44.2 Å². The van der Waals surface area contributed by atoms with Crippen LogP contribution in [0.2, 0.25) is 0 Å². The van der Waals surface area contributed by atoms with Crippen LogP contribution in [0.4, 0.5) is 0 Å². The van der Waals surface area contributed by atoms with E-state index in [0.29, 0.717) is 17.3 Å². The van der Waals surface area contributed by atoms with Crippen LogP contribution < -0.4 is 10.4 Å². The van der Waals surface area contributed by atoms with Crippen LogP contribution in [-0.4, -0.2) is 0 Å². The first-order valence-corrected chi connectivity index (χ1v) is 6.94. The van der Waals surface area contributed by atoms with Crippen LogP contribution in [0.1, 0.15) is 25.3 Å². The zero-order chi connectivity index (χ0) is 14.8. The van der Waals surface area contributed by atoms with Gasteiger partial charge < -0.3 is 9.15 Å². The molecule has 0 aliphatic heterocycles. The molecular weight excluding hydrogens is 264 g/mol. The highest BCUT2D eigenvalue weighted by Gasteiger charge is 2.07. The quantitative estimate of drug-likeness (QED) is 0.652. The lowest BCUT2D eigenvalue weighted by Gasteiger charge is -2.08.